The van der Waals surface area contributed by atoms with E-state index in [4.69, 9.17) is 11.6 Å². The quantitative estimate of drug-likeness (QED) is 0.592. The minimum atomic E-state index is -0.473. The number of nitro groups is 1. The van der Waals surface area contributed by atoms with Crippen molar-refractivity contribution in [3.8, 4) is 11.1 Å². The van der Waals surface area contributed by atoms with Crippen molar-refractivity contribution in [2.45, 2.75) is 0 Å². The standard InChI is InChI=1S/C11H7ClN2O2/c12-11-6-9(14(15)16)3-4-10(11)8-2-1-5-13-7-8/h1-7H. The third kappa shape index (κ3) is 2.01. The van der Waals surface area contributed by atoms with Gasteiger partial charge in [0.1, 0.15) is 0 Å². The van der Waals surface area contributed by atoms with Crippen LogP contribution in [0.25, 0.3) is 11.1 Å². The number of rotatable bonds is 2. The molecule has 0 spiro atoms. The van der Waals surface area contributed by atoms with Crippen molar-refractivity contribution < 1.29 is 4.92 Å². The molecular weight excluding hydrogens is 228 g/mol. The van der Waals surface area contributed by atoms with E-state index in [1.807, 2.05) is 6.07 Å². The summed E-state index contributed by atoms with van der Waals surface area (Å²) in [6.45, 7) is 0. The van der Waals surface area contributed by atoms with Gasteiger partial charge >= 0.3 is 0 Å². The molecule has 0 aliphatic carbocycles. The van der Waals surface area contributed by atoms with Gasteiger partial charge in [-0.05, 0) is 12.1 Å². The lowest BCUT2D eigenvalue weighted by Gasteiger charge is -2.03. The summed E-state index contributed by atoms with van der Waals surface area (Å²) >= 11 is 5.98. The minimum Gasteiger partial charge on any atom is -0.264 e. The molecule has 2 rings (SSSR count). The Balaban J connectivity index is 2.48. The molecule has 4 nitrogen and oxygen atoms in total. The van der Waals surface area contributed by atoms with E-state index in [-0.39, 0.29) is 5.69 Å². The maximum absolute atomic E-state index is 10.5. The molecule has 0 fully saturated rings. The van der Waals surface area contributed by atoms with Crippen molar-refractivity contribution in [2.24, 2.45) is 0 Å². The van der Waals surface area contributed by atoms with Crippen LogP contribution in [0.5, 0.6) is 0 Å². The van der Waals surface area contributed by atoms with Crippen molar-refractivity contribution in [1.82, 2.24) is 4.98 Å². The molecule has 0 amide bonds. The Morgan fingerprint density at radius 1 is 1.31 bits per heavy atom. The van der Waals surface area contributed by atoms with Gasteiger partial charge in [0.2, 0.25) is 0 Å². The normalized spacial score (nSPS) is 10.1. The van der Waals surface area contributed by atoms with E-state index >= 15 is 0 Å². The van der Waals surface area contributed by atoms with Gasteiger partial charge in [0.05, 0.1) is 9.95 Å². The average molecular weight is 235 g/mol. The van der Waals surface area contributed by atoms with E-state index in [0.717, 1.165) is 11.1 Å². The molecule has 0 aliphatic rings. The van der Waals surface area contributed by atoms with Crippen LogP contribution in [-0.2, 0) is 0 Å². The molecule has 0 unspecified atom stereocenters. The first-order valence-electron chi connectivity index (χ1n) is 4.53. The predicted molar refractivity (Wildman–Crippen MR) is 61.3 cm³/mol. The molecule has 80 valence electrons. The van der Waals surface area contributed by atoms with E-state index in [1.54, 1.807) is 24.5 Å². The van der Waals surface area contributed by atoms with Crippen LogP contribution in [0.1, 0.15) is 0 Å². The molecular formula is C11H7ClN2O2. The van der Waals surface area contributed by atoms with Crippen molar-refractivity contribution in [1.29, 1.82) is 0 Å². The summed E-state index contributed by atoms with van der Waals surface area (Å²) in [5, 5.41) is 10.9. The number of hydrogen-bond acceptors (Lipinski definition) is 3. The maximum atomic E-state index is 10.5. The zero-order valence-corrected chi connectivity index (χ0v) is 8.89. The number of nitrogens with zero attached hydrogens (tertiary/aromatic N) is 2. The molecule has 5 heteroatoms. The third-order valence-corrected chi connectivity index (χ3v) is 2.45. The predicted octanol–water partition coefficient (Wildman–Crippen LogP) is 3.31. The van der Waals surface area contributed by atoms with Crippen LogP contribution in [-0.4, -0.2) is 9.91 Å². The van der Waals surface area contributed by atoms with Crippen molar-refractivity contribution in [2.75, 3.05) is 0 Å². The summed E-state index contributed by atoms with van der Waals surface area (Å²) in [6, 6.07) is 8.02. The van der Waals surface area contributed by atoms with E-state index in [0.29, 0.717) is 5.02 Å². The number of aromatic nitrogens is 1. The van der Waals surface area contributed by atoms with Gasteiger partial charge in [-0.3, -0.25) is 15.1 Å². The maximum Gasteiger partial charge on any atom is 0.270 e. The van der Waals surface area contributed by atoms with Gasteiger partial charge in [-0.2, -0.15) is 0 Å². The van der Waals surface area contributed by atoms with Gasteiger partial charge in [0.15, 0.2) is 0 Å². The highest BCUT2D eigenvalue weighted by molar-refractivity contribution is 6.33. The molecule has 0 bridgehead atoms. The van der Waals surface area contributed by atoms with Crippen molar-refractivity contribution in [3.63, 3.8) is 0 Å². The summed E-state index contributed by atoms with van der Waals surface area (Å²) in [7, 11) is 0. The minimum absolute atomic E-state index is 0.0161. The molecule has 0 saturated carbocycles. The van der Waals surface area contributed by atoms with E-state index < -0.39 is 4.92 Å². The highest BCUT2D eigenvalue weighted by Crippen LogP contribution is 2.30. The molecule has 0 N–H and O–H groups in total. The Kier molecular flexibility index (Phi) is 2.83. The summed E-state index contributed by atoms with van der Waals surface area (Å²) in [5.74, 6) is 0. The van der Waals surface area contributed by atoms with Gasteiger partial charge in [0, 0.05) is 35.7 Å². The van der Waals surface area contributed by atoms with Crippen molar-refractivity contribution >= 4 is 17.3 Å². The highest BCUT2D eigenvalue weighted by atomic mass is 35.5. The summed E-state index contributed by atoms with van der Waals surface area (Å²) in [4.78, 5) is 14.0. The Labute approximate surface area is 96.7 Å². The van der Waals surface area contributed by atoms with Crippen LogP contribution in [0.3, 0.4) is 0 Å². The zero-order valence-electron chi connectivity index (χ0n) is 8.13. The van der Waals surface area contributed by atoms with Crippen LogP contribution >= 0.6 is 11.6 Å². The molecule has 0 atom stereocenters. The van der Waals surface area contributed by atoms with Gasteiger partial charge in [-0.25, -0.2) is 0 Å². The van der Waals surface area contributed by atoms with Crippen LogP contribution in [0, 0.1) is 10.1 Å². The van der Waals surface area contributed by atoms with Gasteiger partial charge in [0.25, 0.3) is 5.69 Å². The van der Waals surface area contributed by atoms with Gasteiger partial charge < -0.3 is 0 Å². The van der Waals surface area contributed by atoms with Gasteiger partial charge in [-0.1, -0.05) is 17.7 Å². The monoisotopic (exact) mass is 234 g/mol. The summed E-state index contributed by atoms with van der Waals surface area (Å²) < 4.78 is 0. The van der Waals surface area contributed by atoms with E-state index in [2.05, 4.69) is 4.98 Å². The first-order chi connectivity index (χ1) is 7.68. The van der Waals surface area contributed by atoms with E-state index in [9.17, 15) is 10.1 Å². The topological polar surface area (TPSA) is 56.0 Å². The Bertz CT molecular complexity index is 529. The van der Waals surface area contributed by atoms with Crippen LogP contribution in [0.4, 0.5) is 5.69 Å². The Morgan fingerprint density at radius 2 is 2.12 bits per heavy atom. The lowest BCUT2D eigenvalue weighted by molar-refractivity contribution is -0.384. The van der Waals surface area contributed by atoms with Crippen LogP contribution < -0.4 is 0 Å². The van der Waals surface area contributed by atoms with Crippen LogP contribution in [0.2, 0.25) is 5.02 Å². The fourth-order valence-corrected chi connectivity index (χ4v) is 1.66. The molecule has 0 aliphatic heterocycles. The SMILES string of the molecule is O=[N+]([O-])c1ccc(-c2cccnc2)c(Cl)c1. The lowest BCUT2D eigenvalue weighted by atomic mass is 10.1. The molecule has 1 aromatic heterocycles. The second kappa shape index (κ2) is 4.28. The molecule has 1 aromatic carbocycles. The molecule has 16 heavy (non-hydrogen) atoms. The van der Waals surface area contributed by atoms with E-state index in [1.165, 1.54) is 12.1 Å². The fraction of sp³-hybridized carbons (Fsp3) is 0. The number of non-ortho nitro benzene ring substituents is 1. The van der Waals surface area contributed by atoms with Gasteiger partial charge in [-0.15, -0.1) is 0 Å². The van der Waals surface area contributed by atoms with Crippen LogP contribution in [0.15, 0.2) is 42.7 Å². The summed E-state index contributed by atoms with van der Waals surface area (Å²) in [6.07, 6.45) is 3.32. The second-order valence-corrected chi connectivity index (χ2v) is 3.57. The number of hydrogen-bond donors (Lipinski definition) is 0. The molecule has 0 saturated heterocycles. The lowest BCUT2D eigenvalue weighted by Crippen LogP contribution is -1.88. The van der Waals surface area contributed by atoms with Crippen molar-refractivity contribution in [3.05, 3.63) is 57.9 Å². The number of pyridine rings is 1. The summed E-state index contributed by atoms with van der Waals surface area (Å²) in [5.41, 5.74) is 1.56. The molecule has 0 radical (unpaired) electrons. The zero-order chi connectivity index (χ0) is 11.5. The Morgan fingerprint density at radius 3 is 2.69 bits per heavy atom. The average Bonchev–Trinajstić information content (AvgIpc) is 2.30. The Hall–Kier alpha value is -1.94. The first-order valence-corrected chi connectivity index (χ1v) is 4.90. The number of benzene rings is 1. The fourth-order valence-electron chi connectivity index (χ4n) is 1.37. The number of nitro benzene ring substituents is 1. The molecule has 2 aromatic rings. The number of halogens is 1. The molecule has 1 heterocycles. The smallest absolute Gasteiger partial charge is 0.264 e. The third-order valence-electron chi connectivity index (χ3n) is 2.14. The second-order valence-electron chi connectivity index (χ2n) is 3.16. The first kappa shape index (κ1) is 10.6. The highest BCUT2D eigenvalue weighted by Gasteiger charge is 2.10. The largest absolute Gasteiger partial charge is 0.270 e.